The second kappa shape index (κ2) is 17.6. The summed E-state index contributed by atoms with van der Waals surface area (Å²) in [5.41, 5.74) is 20.1. The molecule has 0 saturated heterocycles. The normalized spacial score (nSPS) is 11.6. The zero-order valence-corrected chi connectivity index (χ0v) is 39.7. The number of rotatable bonds is 9. The first-order valence-corrected chi connectivity index (χ1v) is 24.9. The van der Waals surface area contributed by atoms with Gasteiger partial charge < -0.3 is 13.7 Å². The maximum atomic E-state index is 6.55. The summed E-state index contributed by atoms with van der Waals surface area (Å²) in [4.78, 5) is 2.44. The lowest BCUT2D eigenvalue weighted by molar-refractivity contribution is 0.669. The Morgan fingerprint density at radius 3 is 1.23 bits per heavy atom. The minimum atomic E-state index is 0.889. The molecule has 0 saturated carbocycles. The highest BCUT2D eigenvalue weighted by Crippen LogP contribution is 2.49. The third-order valence-corrected chi connectivity index (χ3v) is 14.5. The summed E-state index contributed by atoms with van der Waals surface area (Å²) >= 11 is 0. The summed E-state index contributed by atoms with van der Waals surface area (Å²) in [6, 6.07) is 98.1. The van der Waals surface area contributed by atoms with Crippen molar-refractivity contribution in [2.45, 2.75) is 0 Å². The molecule has 14 aromatic rings. The van der Waals surface area contributed by atoms with Crippen LogP contribution < -0.4 is 4.90 Å². The molecule has 0 fully saturated rings. The zero-order valence-electron chi connectivity index (χ0n) is 39.7. The first kappa shape index (κ1) is 42.2. The number of para-hydroxylation sites is 4. The predicted molar refractivity (Wildman–Crippen MR) is 306 cm³/mol. The lowest BCUT2D eigenvalue weighted by Crippen LogP contribution is -2.12. The van der Waals surface area contributed by atoms with Gasteiger partial charge in [0.05, 0.1) is 5.69 Å². The lowest BCUT2D eigenvalue weighted by atomic mass is 9.88. The van der Waals surface area contributed by atoms with Gasteiger partial charge in [-0.05, 0) is 109 Å². The van der Waals surface area contributed by atoms with E-state index in [4.69, 9.17) is 8.83 Å². The van der Waals surface area contributed by atoms with Crippen LogP contribution in [0.4, 0.5) is 17.1 Å². The molecule has 2 heterocycles. The molecular formula is C70H45NO2. The second-order valence-corrected chi connectivity index (χ2v) is 18.7. The Bertz CT molecular complexity index is 4330. The van der Waals surface area contributed by atoms with Gasteiger partial charge in [0.15, 0.2) is 0 Å². The van der Waals surface area contributed by atoms with Crippen molar-refractivity contribution in [1.82, 2.24) is 0 Å². The van der Waals surface area contributed by atoms with E-state index < -0.39 is 0 Å². The van der Waals surface area contributed by atoms with E-state index >= 15 is 0 Å². The van der Waals surface area contributed by atoms with Crippen molar-refractivity contribution in [2.75, 3.05) is 4.90 Å². The Kier molecular flexibility index (Phi) is 10.2. The van der Waals surface area contributed by atoms with E-state index in [1.165, 1.54) is 16.3 Å². The number of anilines is 3. The molecule has 0 unspecified atom stereocenters. The molecule has 0 spiro atoms. The molecule has 2 aromatic heterocycles. The number of hydrogen-bond acceptors (Lipinski definition) is 3. The minimum Gasteiger partial charge on any atom is -0.455 e. The molecule has 0 radical (unpaired) electrons. The highest BCUT2D eigenvalue weighted by Gasteiger charge is 2.24. The summed E-state index contributed by atoms with van der Waals surface area (Å²) in [6.07, 6.45) is 0. The Morgan fingerprint density at radius 1 is 0.247 bits per heavy atom. The van der Waals surface area contributed by atoms with Crippen LogP contribution in [0.3, 0.4) is 0 Å². The second-order valence-electron chi connectivity index (χ2n) is 18.7. The molecule has 0 aliphatic carbocycles. The fraction of sp³-hybridized carbons (Fsp3) is 0. The van der Waals surface area contributed by atoms with E-state index in [2.05, 4.69) is 254 Å². The predicted octanol–water partition coefficient (Wildman–Crippen LogP) is 20.1. The number of nitrogens with zero attached hydrogens (tertiary/aromatic N) is 1. The lowest BCUT2D eigenvalue weighted by Gasteiger charge is -2.30. The van der Waals surface area contributed by atoms with Crippen LogP contribution in [0.2, 0.25) is 0 Å². The summed E-state index contributed by atoms with van der Waals surface area (Å²) in [5, 5.41) is 6.93. The van der Waals surface area contributed by atoms with Crippen LogP contribution in [-0.4, -0.2) is 0 Å². The molecule has 14 rings (SSSR count). The molecule has 0 N–H and O–H groups in total. The Morgan fingerprint density at radius 2 is 0.658 bits per heavy atom. The molecule has 12 aromatic carbocycles. The molecule has 342 valence electrons. The molecule has 0 aliphatic heterocycles. The van der Waals surface area contributed by atoms with Gasteiger partial charge in [0.1, 0.15) is 22.3 Å². The Balaban J connectivity index is 0.977. The van der Waals surface area contributed by atoms with Gasteiger partial charge in [-0.1, -0.05) is 224 Å². The van der Waals surface area contributed by atoms with Crippen LogP contribution in [0.15, 0.2) is 282 Å². The average Bonchev–Trinajstić information content (AvgIpc) is 4.05. The van der Waals surface area contributed by atoms with E-state index in [-0.39, 0.29) is 0 Å². The summed E-state index contributed by atoms with van der Waals surface area (Å²) < 4.78 is 13.1. The van der Waals surface area contributed by atoms with Crippen LogP contribution in [0.1, 0.15) is 0 Å². The molecule has 0 bridgehead atoms. The number of furan rings is 2. The van der Waals surface area contributed by atoms with Gasteiger partial charge in [0, 0.05) is 49.6 Å². The third-order valence-electron chi connectivity index (χ3n) is 14.5. The smallest absolute Gasteiger partial charge is 0.143 e. The van der Waals surface area contributed by atoms with Crippen molar-refractivity contribution >= 4 is 71.7 Å². The molecule has 3 nitrogen and oxygen atoms in total. The third kappa shape index (κ3) is 7.37. The summed E-state index contributed by atoms with van der Waals surface area (Å²) in [7, 11) is 0. The first-order chi connectivity index (χ1) is 36.2. The molecule has 0 amide bonds. The SMILES string of the molecule is c1ccc(-c2cc(-c3ccc(-c4cccc5c4oc4ccccc45)cc3)c(-c3ccccc3)c(N(c3ccc(-c4cccc5ccccc45)cc3)c3ccc(-c4cccc5c4oc4ccccc45)cc3)c2)cc1. The van der Waals surface area contributed by atoms with Gasteiger partial charge in [-0.3, -0.25) is 0 Å². The Hall–Kier alpha value is -9.70. The topological polar surface area (TPSA) is 29.5 Å². The van der Waals surface area contributed by atoms with Gasteiger partial charge in [-0.15, -0.1) is 0 Å². The summed E-state index contributed by atoms with van der Waals surface area (Å²) in [6.45, 7) is 0. The average molecular weight is 932 g/mol. The van der Waals surface area contributed by atoms with E-state index in [1.807, 2.05) is 24.3 Å². The Labute approximate surface area is 423 Å². The van der Waals surface area contributed by atoms with Gasteiger partial charge in [-0.2, -0.15) is 0 Å². The molecule has 3 heteroatoms. The number of fused-ring (bicyclic) bond motifs is 7. The fourth-order valence-corrected chi connectivity index (χ4v) is 11.0. The van der Waals surface area contributed by atoms with Crippen molar-refractivity contribution in [3.63, 3.8) is 0 Å². The van der Waals surface area contributed by atoms with Gasteiger partial charge in [0.2, 0.25) is 0 Å². The monoisotopic (exact) mass is 931 g/mol. The largest absolute Gasteiger partial charge is 0.455 e. The van der Waals surface area contributed by atoms with Crippen LogP contribution in [0.25, 0.3) is 121 Å². The van der Waals surface area contributed by atoms with Crippen molar-refractivity contribution in [2.24, 2.45) is 0 Å². The van der Waals surface area contributed by atoms with Crippen LogP contribution in [-0.2, 0) is 0 Å². The van der Waals surface area contributed by atoms with E-state index in [0.29, 0.717) is 0 Å². The van der Waals surface area contributed by atoms with Crippen molar-refractivity contribution in [1.29, 1.82) is 0 Å². The number of hydrogen-bond donors (Lipinski definition) is 0. The van der Waals surface area contributed by atoms with E-state index in [9.17, 15) is 0 Å². The van der Waals surface area contributed by atoms with Gasteiger partial charge in [0.25, 0.3) is 0 Å². The van der Waals surface area contributed by atoms with Crippen LogP contribution >= 0.6 is 0 Å². The molecular weight excluding hydrogens is 887 g/mol. The summed E-state index contributed by atoms with van der Waals surface area (Å²) in [5.74, 6) is 0. The van der Waals surface area contributed by atoms with Crippen molar-refractivity contribution in [3.8, 4) is 66.8 Å². The van der Waals surface area contributed by atoms with Crippen LogP contribution in [0, 0.1) is 0 Å². The molecule has 0 atom stereocenters. The minimum absolute atomic E-state index is 0.889. The number of benzene rings is 12. The highest BCUT2D eigenvalue weighted by atomic mass is 16.3. The zero-order chi connectivity index (χ0) is 48.2. The maximum absolute atomic E-state index is 6.55. The van der Waals surface area contributed by atoms with Crippen molar-refractivity contribution < 1.29 is 8.83 Å². The van der Waals surface area contributed by atoms with E-state index in [1.54, 1.807) is 0 Å². The maximum Gasteiger partial charge on any atom is 0.143 e. The first-order valence-electron chi connectivity index (χ1n) is 24.9. The standard InChI is InChI=1S/C70H45NO2/c1-3-16-46(17-4-1)53-44-64(51-34-32-49(33-35-51)58-26-14-28-62-60-23-9-11-30-66(60)72-69(58)62)68(52-19-5-2-6-20-52)65(45-53)71(54-40-36-48(37-41-54)57-25-13-21-47-18-7-8-22-56(47)57)55-42-38-50(39-43-55)59-27-15-29-63-61-24-10-12-31-67(61)73-70(59)63/h1-45H. The van der Waals surface area contributed by atoms with Crippen molar-refractivity contribution in [3.05, 3.63) is 273 Å². The fourth-order valence-electron chi connectivity index (χ4n) is 11.0. The molecule has 73 heavy (non-hydrogen) atoms. The van der Waals surface area contributed by atoms with Gasteiger partial charge in [-0.25, -0.2) is 0 Å². The van der Waals surface area contributed by atoms with E-state index in [0.717, 1.165) is 122 Å². The quantitative estimate of drug-likeness (QED) is 0.144. The molecule has 0 aliphatic rings. The van der Waals surface area contributed by atoms with Gasteiger partial charge >= 0.3 is 0 Å². The highest BCUT2D eigenvalue weighted by molar-refractivity contribution is 6.11. The van der Waals surface area contributed by atoms with Crippen LogP contribution in [0.5, 0.6) is 0 Å².